The van der Waals surface area contributed by atoms with Crippen molar-refractivity contribution in [1.82, 2.24) is 5.32 Å². The molecule has 0 saturated carbocycles. The van der Waals surface area contributed by atoms with Crippen LogP contribution in [0.25, 0.3) is 0 Å². The number of para-hydroxylation sites is 1. The van der Waals surface area contributed by atoms with Crippen molar-refractivity contribution in [2.45, 2.75) is 13.0 Å². The normalized spacial score (nSPS) is 12.0. The van der Waals surface area contributed by atoms with E-state index >= 15 is 0 Å². The van der Waals surface area contributed by atoms with Gasteiger partial charge in [0.2, 0.25) is 5.91 Å². The van der Waals surface area contributed by atoms with Crippen LogP contribution in [0.2, 0.25) is 0 Å². The van der Waals surface area contributed by atoms with E-state index < -0.39 is 11.6 Å². The van der Waals surface area contributed by atoms with E-state index in [2.05, 4.69) is 26.6 Å². The highest BCUT2D eigenvalue weighted by atomic mass is 79.9. The maximum atomic E-state index is 13.2. The van der Waals surface area contributed by atoms with Gasteiger partial charge in [-0.2, -0.15) is 0 Å². The zero-order valence-corrected chi connectivity index (χ0v) is 13.5. The fraction of sp³-hybridized carbons (Fsp3) is 0.188. The van der Waals surface area contributed by atoms with Crippen molar-refractivity contribution >= 4 is 27.5 Å². The zero-order valence-electron chi connectivity index (χ0n) is 11.9. The van der Waals surface area contributed by atoms with Gasteiger partial charge < -0.3 is 10.6 Å². The minimum atomic E-state index is -0.899. The second-order valence-corrected chi connectivity index (χ2v) is 5.66. The standard InChI is InChI=1S/C16H15BrF2N2O/c1-10(11-6-7-13(18)14(19)8-11)20-9-16(22)21-15-5-3-2-4-12(15)17/h2-8,10,20H,9H2,1H3,(H,21,22)/t10-/m0/s1. The quantitative estimate of drug-likeness (QED) is 0.836. The Balaban J connectivity index is 1.90. The van der Waals surface area contributed by atoms with Crippen molar-refractivity contribution in [3.05, 3.63) is 64.1 Å². The molecule has 0 aliphatic rings. The summed E-state index contributed by atoms with van der Waals surface area (Å²) >= 11 is 3.34. The molecule has 0 unspecified atom stereocenters. The van der Waals surface area contributed by atoms with E-state index in [0.717, 1.165) is 16.6 Å². The Hall–Kier alpha value is -1.79. The minimum absolute atomic E-state index is 0.0570. The van der Waals surface area contributed by atoms with Gasteiger partial charge in [-0.3, -0.25) is 4.79 Å². The predicted octanol–water partition coefficient (Wildman–Crippen LogP) is 4.02. The van der Waals surface area contributed by atoms with Crippen LogP contribution in [-0.4, -0.2) is 12.5 Å². The Kier molecular flexibility index (Phi) is 5.63. The van der Waals surface area contributed by atoms with Gasteiger partial charge in [0, 0.05) is 10.5 Å². The molecular formula is C16H15BrF2N2O. The van der Waals surface area contributed by atoms with Crippen LogP contribution < -0.4 is 10.6 Å². The van der Waals surface area contributed by atoms with Crippen molar-refractivity contribution in [3.63, 3.8) is 0 Å². The Morgan fingerprint density at radius 1 is 1.18 bits per heavy atom. The van der Waals surface area contributed by atoms with Gasteiger partial charge in [-0.25, -0.2) is 8.78 Å². The van der Waals surface area contributed by atoms with Crippen molar-refractivity contribution in [2.75, 3.05) is 11.9 Å². The first-order valence-electron chi connectivity index (χ1n) is 6.70. The molecule has 0 heterocycles. The highest BCUT2D eigenvalue weighted by molar-refractivity contribution is 9.10. The SMILES string of the molecule is C[C@H](NCC(=O)Nc1ccccc1Br)c1ccc(F)c(F)c1. The number of carbonyl (C=O) groups excluding carboxylic acids is 1. The van der Waals surface area contributed by atoms with Crippen molar-refractivity contribution in [1.29, 1.82) is 0 Å². The fourth-order valence-electron chi connectivity index (χ4n) is 1.90. The van der Waals surface area contributed by atoms with Gasteiger partial charge in [-0.1, -0.05) is 18.2 Å². The van der Waals surface area contributed by atoms with E-state index in [9.17, 15) is 13.6 Å². The van der Waals surface area contributed by atoms with E-state index in [0.29, 0.717) is 11.3 Å². The van der Waals surface area contributed by atoms with Gasteiger partial charge >= 0.3 is 0 Å². The van der Waals surface area contributed by atoms with Gasteiger partial charge in [0.25, 0.3) is 0 Å². The number of benzene rings is 2. The highest BCUT2D eigenvalue weighted by Crippen LogP contribution is 2.21. The number of nitrogens with one attached hydrogen (secondary N) is 2. The largest absolute Gasteiger partial charge is 0.324 e. The molecule has 2 aromatic carbocycles. The van der Waals surface area contributed by atoms with Crippen molar-refractivity contribution < 1.29 is 13.6 Å². The Bertz CT molecular complexity index is 679. The monoisotopic (exact) mass is 368 g/mol. The molecule has 116 valence electrons. The van der Waals surface area contributed by atoms with Crippen LogP contribution >= 0.6 is 15.9 Å². The lowest BCUT2D eigenvalue weighted by Crippen LogP contribution is -2.30. The van der Waals surface area contributed by atoms with E-state index in [-0.39, 0.29) is 18.5 Å². The van der Waals surface area contributed by atoms with Gasteiger partial charge in [0.1, 0.15) is 0 Å². The number of hydrogen-bond donors (Lipinski definition) is 2. The number of halogens is 3. The summed E-state index contributed by atoms with van der Waals surface area (Å²) < 4.78 is 26.9. The molecule has 0 aliphatic carbocycles. The third-order valence-electron chi connectivity index (χ3n) is 3.16. The van der Waals surface area contributed by atoms with E-state index in [1.807, 2.05) is 18.2 Å². The molecule has 1 amide bonds. The summed E-state index contributed by atoms with van der Waals surface area (Å²) in [6.07, 6.45) is 0. The maximum absolute atomic E-state index is 13.2. The van der Waals surface area contributed by atoms with Crippen LogP contribution in [0.3, 0.4) is 0 Å². The lowest BCUT2D eigenvalue weighted by Gasteiger charge is -2.14. The lowest BCUT2D eigenvalue weighted by atomic mass is 10.1. The average molecular weight is 369 g/mol. The molecule has 22 heavy (non-hydrogen) atoms. The number of rotatable bonds is 5. The number of hydrogen-bond acceptors (Lipinski definition) is 2. The molecule has 0 radical (unpaired) electrons. The van der Waals surface area contributed by atoms with Crippen LogP contribution in [-0.2, 0) is 4.79 Å². The third kappa shape index (κ3) is 4.35. The number of carbonyl (C=O) groups is 1. The van der Waals surface area contributed by atoms with E-state index in [1.54, 1.807) is 13.0 Å². The highest BCUT2D eigenvalue weighted by Gasteiger charge is 2.11. The fourth-order valence-corrected chi connectivity index (χ4v) is 2.29. The number of amides is 1. The molecule has 0 bridgehead atoms. The second kappa shape index (κ2) is 7.47. The lowest BCUT2D eigenvalue weighted by molar-refractivity contribution is -0.115. The first-order valence-corrected chi connectivity index (χ1v) is 7.49. The maximum Gasteiger partial charge on any atom is 0.238 e. The molecule has 0 aliphatic heterocycles. The summed E-state index contributed by atoms with van der Waals surface area (Å²) in [6, 6.07) is 10.7. The van der Waals surface area contributed by atoms with Gasteiger partial charge in [0.15, 0.2) is 11.6 Å². The Morgan fingerprint density at radius 3 is 2.59 bits per heavy atom. The summed E-state index contributed by atoms with van der Waals surface area (Å²) in [4.78, 5) is 11.9. The summed E-state index contributed by atoms with van der Waals surface area (Å²) in [7, 11) is 0. The smallest absolute Gasteiger partial charge is 0.238 e. The molecule has 6 heteroatoms. The Morgan fingerprint density at radius 2 is 1.91 bits per heavy atom. The summed E-state index contributed by atoms with van der Waals surface area (Å²) in [6.45, 7) is 1.83. The molecule has 0 fully saturated rings. The minimum Gasteiger partial charge on any atom is -0.324 e. The van der Waals surface area contributed by atoms with E-state index in [4.69, 9.17) is 0 Å². The summed E-state index contributed by atoms with van der Waals surface area (Å²) in [5.74, 6) is -2.01. The molecular weight excluding hydrogens is 354 g/mol. The number of anilines is 1. The first-order chi connectivity index (χ1) is 10.5. The molecule has 2 rings (SSSR count). The predicted molar refractivity (Wildman–Crippen MR) is 85.5 cm³/mol. The topological polar surface area (TPSA) is 41.1 Å². The molecule has 0 spiro atoms. The van der Waals surface area contributed by atoms with Crippen LogP contribution in [0.5, 0.6) is 0 Å². The van der Waals surface area contributed by atoms with Crippen LogP contribution in [0, 0.1) is 11.6 Å². The van der Waals surface area contributed by atoms with Crippen LogP contribution in [0.15, 0.2) is 46.9 Å². The third-order valence-corrected chi connectivity index (χ3v) is 3.85. The second-order valence-electron chi connectivity index (χ2n) is 4.80. The average Bonchev–Trinajstić information content (AvgIpc) is 2.50. The zero-order chi connectivity index (χ0) is 16.1. The first kappa shape index (κ1) is 16.6. The molecule has 0 aromatic heterocycles. The molecule has 2 N–H and O–H groups in total. The molecule has 3 nitrogen and oxygen atoms in total. The van der Waals surface area contributed by atoms with Crippen molar-refractivity contribution in [3.8, 4) is 0 Å². The van der Waals surface area contributed by atoms with E-state index in [1.165, 1.54) is 6.07 Å². The van der Waals surface area contributed by atoms with Crippen molar-refractivity contribution in [2.24, 2.45) is 0 Å². The molecule has 2 aromatic rings. The summed E-state index contributed by atoms with van der Waals surface area (Å²) in [5.41, 5.74) is 1.25. The molecule has 0 saturated heterocycles. The van der Waals surface area contributed by atoms with Gasteiger partial charge in [0.05, 0.1) is 12.2 Å². The van der Waals surface area contributed by atoms with Gasteiger partial charge in [-0.15, -0.1) is 0 Å². The summed E-state index contributed by atoms with van der Waals surface area (Å²) in [5, 5.41) is 5.72. The Labute approximate surface area is 135 Å². The van der Waals surface area contributed by atoms with Crippen LogP contribution in [0.4, 0.5) is 14.5 Å². The molecule has 1 atom stereocenters. The van der Waals surface area contributed by atoms with Gasteiger partial charge in [-0.05, 0) is 52.7 Å². The van der Waals surface area contributed by atoms with Crippen LogP contribution in [0.1, 0.15) is 18.5 Å².